The van der Waals surface area contributed by atoms with Crippen LogP contribution in [0, 0.1) is 11.3 Å². The maximum Gasteiger partial charge on any atom is 0.338 e. The second kappa shape index (κ2) is 6.85. The second-order valence-electron chi connectivity index (χ2n) is 6.71. The van der Waals surface area contributed by atoms with Crippen LogP contribution in [0.1, 0.15) is 24.2 Å². The Bertz CT molecular complexity index is 863. The summed E-state index contributed by atoms with van der Waals surface area (Å²) in [5.41, 5.74) is -1.75. The molecule has 0 saturated carbocycles. The molecule has 2 saturated heterocycles. The third-order valence-corrected chi connectivity index (χ3v) is 4.68. The van der Waals surface area contributed by atoms with Crippen molar-refractivity contribution in [3.63, 3.8) is 0 Å². The number of hydrogen-bond donors (Lipinski definition) is 0. The summed E-state index contributed by atoms with van der Waals surface area (Å²) >= 11 is 0. The number of carbonyl (C=O) groups excluding carboxylic acids is 1. The number of hydrogen-bond acceptors (Lipinski definition) is 9. The number of nitrogens with zero attached hydrogens (tertiary/aromatic N) is 1. The molecular weight excluding hydrogens is 378 g/mol. The summed E-state index contributed by atoms with van der Waals surface area (Å²) in [5, 5.41) is 9.75. The molecule has 0 radical (unpaired) electrons. The summed E-state index contributed by atoms with van der Waals surface area (Å²) in [6.45, 7) is 2.78. The Kier molecular flexibility index (Phi) is 5.00. The first-order valence-corrected chi connectivity index (χ1v) is 9.93. The highest BCUT2D eigenvalue weighted by molar-refractivity contribution is 7.86. The summed E-state index contributed by atoms with van der Waals surface area (Å²) in [5.74, 6) is -1.74. The Labute approximate surface area is 156 Å². The maximum absolute atomic E-state index is 12.2. The summed E-state index contributed by atoms with van der Waals surface area (Å²) in [4.78, 5) is 12.2. The van der Waals surface area contributed by atoms with Gasteiger partial charge < -0.3 is 18.9 Å². The summed E-state index contributed by atoms with van der Waals surface area (Å²) < 4.78 is 50.7. The van der Waals surface area contributed by atoms with Gasteiger partial charge in [-0.3, -0.25) is 0 Å². The van der Waals surface area contributed by atoms with E-state index in [-0.39, 0.29) is 0 Å². The van der Waals surface area contributed by atoms with E-state index in [1.54, 1.807) is 44.2 Å². The van der Waals surface area contributed by atoms with Crippen molar-refractivity contribution in [2.24, 2.45) is 0 Å². The molecule has 10 heteroatoms. The zero-order valence-electron chi connectivity index (χ0n) is 14.9. The highest BCUT2D eigenvalue weighted by Crippen LogP contribution is 2.45. The van der Waals surface area contributed by atoms with Gasteiger partial charge in [-0.25, -0.2) is 8.98 Å². The fraction of sp³-hybridized carbons (Fsp3) is 0.529. The zero-order valence-corrected chi connectivity index (χ0v) is 15.8. The fourth-order valence-corrected chi connectivity index (χ4v) is 3.78. The van der Waals surface area contributed by atoms with Crippen LogP contribution in [0.15, 0.2) is 30.3 Å². The SMILES string of the molecule is CC1(C)OC2[C@H](O[C@H](COC(=O)c3ccccc3)[C@@]2(C#N)OS(C)(=O)=O)O1. The first kappa shape index (κ1) is 19.7. The van der Waals surface area contributed by atoms with E-state index in [1.165, 1.54) is 0 Å². The Morgan fingerprint density at radius 1 is 1.26 bits per heavy atom. The van der Waals surface area contributed by atoms with E-state index in [1.807, 2.05) is 6.07 Å². The monoisotopic (exact) mass is 397 g/mol. The van der Waals surface area contributed by atoms with Gasteiger partial charge in [0.1, 0.15) is 18.8 Å². The quantitative estimate of drug-likeness (QED) is 0.528. The van der Waals surface area contributed by atoms with E-state index in [9.17, 15) is 18.5 Å². The van der Waals surface area contributed by atoms with Gasteiger partial charge in [-0.1, -0.05) is 18.2 Å². The fourth-order valence-electron chi connectivity index (χ4n) is 3.04. The van der Waals surface area contributed by atoms with Crippen molar-refractivity contribution in [1.82, 2.24) is 0 Å². The smallest absolute Gasteiger partial charge is 0.338 e. The number of ether oxygens (including phenoxy) is 4. The standard InChI is InChI=1S/C17H19NO8S/c1-16(2)24-13-15(25-16)23-12(17(13,10-18)26-27(3,20)21)9-22-14(19)11-7-5-4-6-8-11/h4-8,12-13,15H,9H2,1-3H3/t12-,13?,15-,17-/m1/s1. The van der Waals surface area contributed by atoms with Gasteiger partial charge in [-0.05, 0) is 26.0 Å². The highest BCUT2D eigenvalue weighted by atomic mass is 32.2. The molecule has 1 unspecified atom stereocenters. The lowest BCUT2D eigenvalue weighted by molar-refractivity contribution is -0.223. The van der Waals surface area contributed by atoms with Crippen molar-refractivity contribution in [3.05, 3.63) is 35.9 Å². The molecule has 0 N–H and O–H groups in total. The highest BCUT2D eigenvalue weighted by Gasteiger charge is 2.67. The van der Waals surface area contributed by atoms with E-state index in [0.717, 1.165) is 6.26 Å². The van der Waals surface area contributed by atoms with E-state index >= 15 is 0 Å². The maximum atomic E-state index is 12.2. The van der Waals surface area contributed by atoms with Gasteiger partial charge in [-0.15, -0.1) is 0 Å². The van der Waals surface area contributed by atoms with Crippen molar-refractivity contribution in [3.8, 4) is 6.07 Å². The molecule has 9 nitrogen and oxygen atoms in total. The molecule has 3 rings (SSSR count). The molecule has 146 valence electrons. The third kappa shape index (κ3) is 3.97. The Morgan fingerprint density at radius 3 is 2.52 bits per heavy atom. The Hall–Kier alpha value is -2.03. The van der Waals surface area contributed by atoms with Crippen LogP contribution < -0.4 is 0 Å². The Morgan fingerprint density at radius 2 is 1.93 bits per heavy atom. The lowest BCUT2D eigenvalue weighted by atomic mass is 9.94. The molecule has 1 aromatic carbocycles. The molecule has 0 aromatic heterocycles. The van der Waals surface area contributed by atoms with Crippen LogP contribution in [0.2, 0.25) is 0 Å². The minimum absolute atomic E-state index is 0.302. The lowest BCUT2D eigenvalue weighted by Crippen LogP contribution is -2.52. The van der Waals surface area contributed by atoms with Crippen LogP contribution in [0.5, 0.6) is 0 Å². The zero-order chi connectivity index (χ0) is 19.9. The van der Waals surface area contributed by atoms with E-state index in [2.05, 4.69) is 0 Å². The minimum Gasteiger partial charge on any atom is -0.459 e. The second-order valence-corrected chi connectivity index (χ2v) is 8.28. The van der Waals surface area contributed by atoms with Crippen molar-refractivity contribution in [2.75, 3.05) is 12.9 Å². The van der Waals surface area contributed by atoms with Gasteiger partial charge in [0.25, 0.3) is 10.1 Å². The predicted molar refractivity (Wildman–Crippen MR) is 89.7 cm³/mol. The topological polar surface area (TPSA) is 121 Å². The van der Waals surface area contributed by atoms with Crippen molar-refractivity contribution in [1.29, 1.82) is 5.26 Å². The van der Waals surface area contributed by atoms with E-state index < -0.39 is 52.6 Å². The molecule has 4 atom stereocenters. The molecule has 2 heterocycles. The minimum atomic E-state index is -4.06. The third-order valence-electron chi connectivity index (χ3n) is 4.10. The van der Waals surface area contributed by atoms with Crippen LogP contribution in [0.25, 0.3) is 0 Å². The molecule has 0 bridgehead atoms. The van der Waals surface area contributed by atoms with Crippen LogP contribution >= 0.6 is 0 Å². The molecule has 0 aliphatic carbocycles. The summed E-state index contributed by atoms with van der Waals surface area (Å²) in [6, 6.07) is 10.0. The average molecular weight is 397 g/mol. The Balaban J connectivity index is 1.83. The molecular formula is C17H19NO8S. The van der Waals surface area contributed by atoms with E-state index in [0.29, 0.717) is 5.56 Å². The van der Waals surface area contributed by atoms with Crippen molar-refractivity contribution < 1.29 is 36.3 Å². The molecule has 0 spiro atoms. The van der Waals surface area contributed by atoms with Gasteiger partial charge in [0.05, 0.1) is 11.8 Å². The molecule has 2 aliphatic rings. The van der Waals surface area contributed by atoms with Crippen molar-refractivity contribution >= 4 is 16.1 Å². The largest absolute Gasteiger partial charge is 0.459 e. The van der Waals surface area contributed by atoms with Crippen LogP contribution in [-0.2, 0) is 33.2 Å². The molecule has 2 fully saturated rings. The van der Waals surface area contributed by atoms with Gasteiger partial charge in [0.2, 0.25) is 5.60 Å². The number of esters is 1. The van der Waals surface area contributed by atoms with Crippen LogP contribution in [-0.4, -0.2) is 57.1 Å². The first-order chi connectivity index (χ1) is 12.6. The molecule has 27 heavy (non-hydrogen) atoms. The first-order valence-electron chi connectivity index (χ1n) is 8.11. The van der Waals surface area contributed by atoms with E-state index in [4.69, 9.17) is 23.1 Å². The normalized spacial score (nSPS) is 31.9. The molecule has 1 aromatic rings. The number of nitriles is 1. The van der Waals surface area contributed by atoms with Gasteiger partial charge in [0, 0.05) is 0 Å². The molecule has 0 amide bonds. The number of rotatable bonds is 5. The predicted octanol–water partition coefficient (Wildman–Crippen LogP) is 0.958. The van der Waals surface area contributed by atoms with Gasteiger partial charge >= 0.3 is 5.97 Å². The number of carbonyl (C=O) groups is 1. The molecule has 2 aliphatic heterocycles. The summed E-state index contributed by atoms with van der Waals surface area (Å²) in [6.07, 6.45) is -2.58. The van der Waals surface area contributed by atoms with Crippen LogP contribution in [0.3, 0.4) is 0 Å². The summed E-state index contributed by atoms with van der Waals surface area (Å²) in [7, 11) is -4.06. The average Bonchev–Trinajstić information content (AvgIpc) is 3.03. The number of fused-ring (bicyclic) bond motifs is 1. The van der Waals surface area contributed by atoms with Gasteiger partial charge in [0.15, 0.2) is 18.2 Å². The van der Waals surface area contributed by atoms with Gasteiger partial charge in [-0.2, -0.15) is 13.7 Å². The lowest BCUT2D eigenvalue weighted by Gasteiger charge is -2.30. The number of benzene rings is 1. The van der Waals surface area contributed by atoms with Crippen LogP contribution in [0.4, 0.5) is 0 Å². The van der Waals surface area contributed by atoms with Crippen molar-refractivity contribution in [2.45, 2.75) is 43.7 Å².